The highest BCUT2D eigenvalue weighted by Gasteiger charge is 2.28. The van der Waals surface area contributed by atoms with Crippen molar-refractivity contribution in [3.05, 3.63) is 22.8 Å². The summed E-state index contributed by atoms with van der Waals surface area (Å²) in [5, 5.41) is 2.92. The molecule has 0 bridgehead atoms. The Kier molecular flexibility index (Phi) is 5.44. The van der Waals surface area contributed by atoms with Gasteiger partial charge in [0.2, 0.25) is 5.91 Å². The predicted octanol–water partition coefficient (Wildman–Crippen LogP) is 2.67. The van der Waals surface area contributed by atoms with Gasteiger partial charge in [-0.1, -0.05) is 0 Å². The van der Waals surface area contributed by atoms with Crippen LogP contribution in [0.4, 0.5) is 5.82 Å². The molecule has 0 radical (unpaired) electrons. The smallest absolute Gasteiger partial charge is 0.229 e. The molecule has 1 amide bonds. The van der Waals surface area contributed by atoms with Gasteiger partial charge >= 0.3 is 0 Å². The zero-order chi connectivity index (χ0) is 15.4. The first-order valence-corrected chi connectivity index (χ1v) is 8.76. The largest absolute Gasteiger partial charge is 0.377 e. The molecule has 2 atom stereocenters. The van der Waals surface area contributed by atoms with Crippen molar-refractivity contribution in [2.45, 2.75) is 31.8 Å². The Hall–Kier alpha value is -0.980. The lowest BCUT2D eigenvalue weighted by Crippen LogP contribution is -2.43. The normalized spacial score (nSPS) is 26.0. The van der Waals surface area contributed by atoms with Crippen LogP contribution in [0.3, 0.4) is 0 Å². The number of ether oxygens (including phenoxy) is 1. The fraction of sp³-hybridized carbons (Fsp3) is 0.625. The van der Waals surface area contributed by atoms with E-state index in [0.29, 0.717) is 11.9 Å². The van der Waals surface area contributed by atoms with E-state index in [0.717, 1.165) is 56.4 Å². The molecule has 1 N–H and O–H groups in total. The van der Waals surface area contributed by atoms with Gasteiger partial charge in [0, 0.05) is 30.4 Å². The Bertz CT molecular complexity index is 503. The summed E-state index contributed by atoms with van der Waals surface area (Å²) in [5.41, 5.74) is 0. The van der Waals surface area contributed by atoms with E-state index < -0.39 is 0 Å². The number of rotatable bonds is 4. The number of anilines is 1. The van der Waals surface area contributed by atoms with Crippen LogP contribution in [-0.4, -0.2) is 48.1 Å². The molecule has 2 fully saturated rings. The molecule has 0 unspecified atom stereocenters. The zero-order valence-corrected chi connectivity index (χ0v) is 14.2. The molecule has 0 saturated carbocycles. The summed E-state index contributed by atoms with van der Waals surface area (Å²) in [6, 6.07) is 3.70. The summed E-state index contributed by atoms with van der Waals surface area (Å²) >= 11 is 3.34. The van der Waals surface area contributed by atoms with Crippen LogP contribution in [0.2, 0.25) is 0 Å². The maximum atomic E-state index is 12.4. The van der Waals surface area contributed by atoms with Crippen LogP contribution in [0.15, 0.2) is 22.8 Å². The minimum Gasteiger partial charge on any atom is -0.377 e. The second-order valence-corrected chi connectivity index (χ2v) is 7.00. The predicted molar refractivity (Wildman–Crippen MR) is 88.7 cm³/mol. The van der Waals surface area contributed by atoms with Crippen LogP contribution < -0.4 is 5.32 Å². The maximum absolute atomic E-state index is 12.4. The van der Waals surface area contributed by atoms with Gasteiger partial charge in [-0.15, -0.1) is 0 Å². The molecule has 2 saturated heterocycles. The number of nitrogens with one attached hydrogen (secondary N) is 1. The van der Waals surface area contributed by atoms with Crippen molar-refractivity contribution in [1.29, 1.82) is 0 Å². The number of carbonyl (C=O) groups is 1. The highest BCUT2D eigenvalue weighted by atomic mass is 79.9. The molecule has 5 nitrogen and oxygen atoms in total. The van der Waals surface area contributed by atoms with Gasteiger partial charge in [-0.2, -0.15) is 0 Å². The summed E-state index contributed by atoms with van der Waals surface area (Å²) in [4.78, 5) is 19.0. The van der Waals surface area contributed by atoms with Crippen LogP contribution in [0.25, 0.3) is 0 Å². The minimum absolute atomic E-state index is 0.0422. The number of amides is 1. The zero-order valence-electron chi connectivity index (χ0n) is 12.6. The third-order valence-corrected chi connectivity index (χ3v) is 4.81. The van der Waals surface area contributed by atoms with Crippen molar-refractivity contribution in [3.8, 4) is 0 Å². The summed E-state index contributed by atoms with van der Waals surface area (Å²) in [6.45, 7) is 3.74. The number of nitrogens with zero attached hydrogens (tertiary/aromatic N) is 2. The van der Waals surface area contributed by atoms with E-state index in [-0.39, 0.29) is 11.8 Å². The van der Waals surface area contributed by atoms with Crippen molar-refractivity contribution in [2.75, 3.05) is 31.6 Å². The summed E-state index contributed by atoms with van der Waals surface area (Å²) in [5.74, 6) is 0.733. The average Bonchev–Trinajstić information content (AvgIpc) is 3.03. The van der Waals surface area contributed by atoms with E-state index in [4.69, 9.17) is 4.74 Å². The maximum Gasteiger partial charge on any atom is 0.229 e. The van der Waals surface area contributed by atoms with Crippen molar-refractivity contribution in [2.24, 2.45) is 5.92 Å². The van der Waals surface area contributed by atoms with Gasteiger partial charge in [-0.3, -0.25) is 9.69 Å². The van der Waals surface area contributed by atoms with Gasteiger partial charge in [-0.05, 0) is 60.3 Å². The van der Waals surface area contributed by atoms with E-state index in [1.165, 1.54) is 0 Å². The molecule has 2 aliphatic heterocycles. The molecule has 0 aromatic carbocycles. The quantitative estimate of drug-likeness (QED) is 0.888. The lowest BCUT2D eigenvalue weighted by atomic mass is 9.96. The van der Waals surface area contributed by atoms with Crippen molar-refractivity contribution >= 4 is 27.7 Å². The third kappa shape index (κ3) is 4.27. The first-order chi connectivity index (χ1) is 10.7. The van der Waals surface area contributed by atoms with Gasteiger partial charge < -0.3 is 10.1 Å². The van der Waals surface area contributed by atoms with Gasteiger partial charge in [0.15, 0.2) is 0 Å². The first kappa shape index (κ1) is 15.9. The van der Waals surface area contributed by atoms with Crippen LogP contribution >= 0.6 is 15.9 Å². The average molecular weight is 368 g/mol. The number of piperidine rings is 1. The number of likely N-dealkylation sites (tertiary alicyclic amines) is 1. The summed E-state index contributed by atoms with van der Waals surface area (Å²) in [6.07, 6.45) is 6.38. The number of aromatic nitrogens is 1. The fourth-order valence-electron chi connectivity index (χ4n) is 3.19. The lowest BCUT2D eigenvalue weighted by molar-refractivity contribution is -0.121. The number of carbonyl (C=O) groups excluding carboxylic acids is 1. The van der Waals surface area contributed by atoms with E-state index >= 15 is 0 Å². The van der Waals surface area contributed by atoms with Gasteiger partial charge in [-0.25, -0.2) is 4.98 Å². The molecule has 6 heteroatoms. The van der Waals surface area contributed by atoms with E-state index in [1.807, 2.05) is 12.1 Å². The number of hydrogen-bond donors (Lipinski definition) is 1. The van der Waals surface area contributed by atoms with Crippen LogP contribution in [0, 0.1) is 5.92 Å². The SMILES string of the molecule is O=C(Nc1ccc(Br)cn1)[C@H]1CCCN(C[C@@H]2CCCO2)C1. The van der Waals surface area contributed by atoms with E-state index in [1.54, 1.807) is 6.20 Å². The van der Waals surface area contributed by atoms with Crippen LogP contribution in [-0.2, 0) is 9.53 Å². The molecule has 2 aliphatic rings. The summed E-state index contributed by atoms with van der Waals surface area (Å²) in [7, 11) is 0. The number of hydrogen-bond acceptors (Lipinski definition) is 4. The molecule has 1 aromatic rings. The third-order valence-electron chi connectivity index (χ3n) is 4.34. The Morgan fingerprint density at radius 2 is 2.32 bits per heavy atom. The molecule has 3 rings (SSSR count). The molecule has 0 spiro atoms. The molecule has 120 valence electrons. The van der Waals surface area contributed by atoms with Gasteiger partial charge in [0.25, 0.3) is 0 Å². The molecule has 22 heavy (non-hydrogen) atoms. The Labute approximate surface area is 139 Å². The van der Waals surface area contributed by atoms with Gasteiger partial charge in [0.1, 0.15) is 5.82 Å². The topological polar surface area (TPSA) is 54.5 Å². The molecule has 1 aromatic heterocycles. The minimum atomic E-state index is 0.0422. The van der Waals surface area contributed by atoms with E-state index in [9.17, 15) is 4.79 Å². The molecular weight excluding hydrogens is 346 g/mol. The van der Waals surface area contributed by atoms with Crippen molar-refractivity contribution in [1.82, 2.24) is 9.88 Å². The Morgan fingerprint density at radius 3 is 3.05 bits per heavy atom. The molecule has 0 aliphatic carbocycles. The molecule has 3 heterocycles. The molecular formula is C16H22BrN3O2. The lowest BCUT2D eigenvalue weighted by Gasteiger charge is -2.33. The van der Waals surface area contributed by atoms with Crippen molar-refractivity contribution < 1.29 is 9.53 Å². The first-order valence-electron chi connectivity index (χ1n) is 7.97. The monoisotopic (exact) mass is 367 g/mol. The Balaban J connectivity index is 1.52. The fourth-order valence-corrected chi connectivity index (χ4v) is 3.42. The highest BCUT2D eigenvalue weighted by molar-refractivity contribution is 9.10. The van der Waals surface area contributed by atoms with Crippen LogP contribution in [0.1, 0.15) is 25.7 Å². The summed E-state index contributed by atoms with van der Waals surface area (Å²) < 4.78 is 6.61. The van der Waals surface area contributed by atoms with Crippen molar-refractivity contribution in [3.63, 3.8) is 0 Å². The second kappa shape index (κ2) is 7.53. The standard InChI is InChI=1S/C16H22BrN3O2/c17-13-5-6-15(18-9-13)19-16(21)12-3-1-7-20(10-12)11-14-4-2-8-22-14/h5-6,9,12,14H,1-4,7-8,10-11H2,(H,18,19,21)/t12-,14-/m0/s1. The van der Waals surface area contributed by atoms with Gasteiger partial charge in [0.05, 0.1) is 12.0 Å². The second-order valence-electron chi connectivity index (χ2n) is 6.08. The number of pyridine rings is 1. The van der Waals surface area contributed by atoms with Crippen LogP contribution in [0.5, 0.6) is 0 Å². The van der Waals surface area contributed by atoms with E-state index in [2.05, 4.69) is 31.1 Å². The number of halogens is 1. The highest BCUT2D eigenvalue weighted by Crippen LogP contribution is 2.21. The Morgan fingerprint density at radius 1 is 1.41 bits per heavy atom.